The van der Waals surface area contributed by atoms with Crippen molar-refractivity contribution < 1.29 is 4.43 Å². The van der Waals surface area contributed by atoms with Crippen LogP contribution in [-0.4, -0.2) is 17.1 Å². The molecule has 0 aliphatic rings. The fourth-order valence-electron chi connectivity index (χ4n) is 1.32. The van der Waals surface area contributed by atoms with E-state index in [1.165, 1.54) is 12.8 Å². The topological polar surface area (TPSA) is 9.23 Å². The van der Waals surface area contributed by atoms with E-state index in [0.717, 1.165) is 35.9 Å². The second-order valence-electron chi connectivity index (χ2n) is 3.05. The molecule has 2 heteroatoms. The van der Waals surface area contributed by atoms with E-state index >= 15 is 0 Å². The molecule has 0 aromatic heterocycles. The molecule has 0 saturated carbocycles. The maximum Gasteiger partial charge on any atom is 0.145 e. The highest BCUT2D eigenvalue weighted by atomic mass is 28.2. The molecule has 0 radical (unpaired) electrons. The Kier molecular flexibility index (Phi) is 8.50. The Hall–Kier alpha value is -0.343. The van der Waals surface area contributed by atoms with Gasteiger partial charge in [-0.15, -0.1) is 13.2 Å². The fourth-order valence-corrected chi connectivity index (χ4v) is 1.61. The quantitative estimate of drug-likeness (QED) is 0.318. The van der Waals surface area contributed by atoms with Gasteiger partial charge >= 0.3 is 0 Å². The highest BCUT2D eigenvalue weighted by Crippen LogP contribution is 2.16. The standard InChI is InChI=1S/C10H20OSi/c1-3-6-10(7-4-2)8-5-9-11-12/h3-4,10H,1-2,5-9H2,12H3. The van der Waals surface area contributed by atoms with Crippen molar-refractivity contribution >= 4 is 10.5 Å². The summed E-state index contributed by atoms with van der Waals surface area (Å²) < 4.78 is 5.14. The Bertz CT molecular complexity index is 113. The summed E-state index contributed by atoms with van der Waals surface area (Å²) in [6, 6.07) is 0. The number of allylic oxidation sites excluding steroid dienone is 2. The average Bonchev–Trinajstić information content (AvgIpc) is 2.06. The van der Waals surface area contributed by atoms with E-state index < -0.39 is 0 Å². The summed E-state index contributed by atoms with van der Waals surface area (Å²) >= 11 is 0. The molecular formula is C10H20OSi. The lowest BCUT2D eigenvalue weighted by molar-refractivity contribution is 0.316. The van der Waals surface area contributed by atoms with Gasteiger partial charge in [0.1, 0.15) is 10.5 Å². The Balaban J connectivity index is 3.47. The van der Waals surface area contributed by atoms with Crippen LogP contribution in [0.4, 0.5) is 0 Å². The molecule has 0 spiro atoms. The third-order valence-electron chi connectivity index (χ3n) is 1.96. The lowest BCUT2D eigenvalue weighted by Gasteiger charge is -2.11. The first-order valence-corrected chi connectivity index (χ1v) is 5.37. The second-order valence-corrected chi connectivity index (χ2v) is 3.63. The predicted molar refractivity (Wildman–Crippen MR) is 58.2 cm³/mol. The lowest BCUT2D eigenvalue weighted by Crippen LogP contribution is -2.00. The van der Waals surface area contributed by atoms with Gasteiger partial charge in [-0.05, 0) is 31.6 Å². The van der Waals surface area contributed by atoms with Crippen LogP contribution in [0.2, 0.25) is 0 Å². The van der Waals surface area contributed by atoms with Gasteiger partial charge in [0.05, 0.1) is 0 Å². The number of hydrogen-bond acceptors (Lipinski definition) is 1. The molecule has 0 aromatic carbocycles. The Labute approximate surface area is 79.1 Å². The Morgan fingerprint density at radius 1 is 1.25 bits per heavy atom. The molecule has 0 heterocycles. The highest BCUT2D eigenvalue weighted by molar-refractivity contribution is 5.97. The van der Waals surface area contributed by atoms with Gasteiger partial charge in [0.25, 0.3) is 0 Å². The largest absolute Gasteiger partial charge is 0.428 e. The monoisotopic (exact) mass is 184 g/mol. The smallest absolute Gasteiger partial charge is 0.145 e. The molecule has 0 amide bonds. The SMILES string of the molecule is C=CCC(CC=C)CCCO[SiH3]. The van der Waals surface area contributed by atoms with Crippen LogP contribution in [0.1, 0.15) is 25.7 Å². The Morgan fingerprint density at radius 3 is 2.25 bits per heavy atom. The fraction of sp³-hybridized carbons (Fsp3) is 0.600. The summed E-state index contributed by atoms with van der Waals surface area (Å²) in [6.45, 7) is 8.43. The first kappa shape index (κ1) is 11.7. The van der Waals surface area contributed by atoms with Crippen LogP contribution in [0, 0.1) is 5.92 Å². The van der Waals surface area contributed by atoms with Crippen molar-refractivity contribution in [3.63, 3.8) is 0 Å². The molecule has 0 N–H and O–H groups in total. The first-order chi connectivity index (χ1) is 5.85. The summed E-state index contributed by atoms with van der Waals surface area (Å²) in [7, 11) is 0.864. The molecule has 0 bridgehead atoms. The maximum absolute atomic E-state index is 5.14. The summed E-state index contributed by atoms with van der Waals surface area (Å²) in [5, 5.41) is 0. The maximum atomic E-state index is 5.14. The molecule has 0 aliphatic heterocycles. The molecule has 0 aromatic rings. The van der Waals surface area contributed by atoms with E-state index in [4.69, 9.17) is 4.43 Å². The van der Waals surface area contributed by atoms with E-state index in [-0.39, 0.29) is 0 Å². The van der Waals surface area contributed by atoms with Gasteiger partial charge in [-0.3, -0.25) is 0 Å². The van der Waals surface area contributed by atoms with Crippen molar-refractivity contribution in [2.75, 3.05) is 6.61 Å². The van der Waals surface area contributed by atoms with E-state index in [1.54, 1.807) is 0 Å². The van der Waals surface area contributed by atoms with Gasteiger partial charge < -0.3 is 4.43 Å². The van der Waals surface area contributed by atoms with Crippen LogP contribution in [0.5, 0.6) is 0 Å². The zero-order valence-electron chi connectivity index (χ0n) is 8.09. The van der Waals surface area contributed by atoms with Crippen molar-refractivity contribution in [3.05, 3.63) is 25.3 Å². The molecule has 70 valence electrons. The van der Waals surface area contributed by atoms with Gasteiger partial charge in [-0.1, -0.05) is 12.2 Å². The van der Waals surface area contributed by atoms with E-state index in [2.05, 4.69) is 13.2 Å². The van der Waals surface area contributed by atoms with Crippen LogP contribution in [0.15, 0.2) is 25.3 Å². The molecule has 0 fully saturated rings. The van der Waals surface area contributed by atoms with Crippen molar-refractivity contribution in [1.29, 1.82) is 0 Å². The van der Waals surface area contributed by atoms with Crippen molar-refractivity contribution in [2.45, 2.75) is 25.7 Å². The average molecular weight is 184 g/mol. The highest BCUT2D eigenvalue weighted by Gasteiger charge is 2.03. The molecule has 0 saturated heterocycles. The van der Waals surface area contributed by atoms with E-state index in [1.807, 2.05) is 12.2 Å². The third kappa shape index (κ3) is 6.37. The van der Waals surface area contributed by atoms with Crippen LogP contribution < -0.4 is 0 Å². The second kappa shape index (κ2) is 8.75. The van der Waals surface area contributed by atoms with Crippen LogP contribution in [0.25, 0.3) is 0 Å². The zero-order chi connectivity index (χ0) is 9.23. The molecule has 12 heavy (non-hydrogen) atoms. The van der Waals surface area contributed by atoms with Gasteiger partial charge in [-0.2, -0.15) is 0 Å². The molecule has 0 aliphatic carbocycles. The number of hydrogen-bond donors (Lipinski definition) is 0. The van der Waals surface area contributed by atoms with Crippen LogP contribution in [0.3, 0.4) is 0 Å². The molecule has 0 unspecified atom stereocenters. The van der Waals surface area contributed by atoms with Gasteiger partial charge in [-0.25, -0.2) is 0 Å². The summed E-state index contributed by atoms with van der Waals surface area (Å²) in [4.78, 5) is 0. The minimum atomic E-state index is 0.733. The van der Waals surface area contributed by atoms with Crippen LogP contribution >= 0.6 is 0 Å². The van der Waals surface area contributed by atoms with E-state index in [9.17, 15) is 0 Å². The minimum Gasteiger partial charge on any atom is -0.428 e. The number of rotatable bonds is 8. The summed E-state index contributed by atoms with van der Waals surface area (Å²) in [6.07, 6.45) is 8.61. The molecular weight excluding hydrogens is 164 g/mol. The molecule has 1 nitrogen and oxygen atoms in total. The summed E-state index contributed by atoms with van der Waals surface area (Å²) in [5.74, 6) is 0.733. The Morgan fingerprint density at radius 2 is 1.83 bits per heavy atom. The third-order valence-corrected chi connectivity index (χ3v) is 2.37. The summed E-state index contributed by atoms with van der Waals surface area (Å²) in [5.41, 5.74) is 0. The van der Waals surface area contributed by atoms with E-state index in [0.29, 0.717) is 0 Å². The van der Waals surface area contributed by atoms with Crippen molar-refractivity contribution in [3.8, 4) is 0 Å². The van der Waals surface area contributed by atoms with Gasteiger partial charge in [0.2, 0.25) is 0 Å². The zero-order valence-corrected chi connectivity index (χ0v) is 10.1. The first-order valence-electron chi connectivity index (χ1n) is 4.55. The minimum absolute atomic E-state index is 0.733. The lowest BCUT2D eigenvalue weighted by atomic mass is 9.96. The van der Waals surface area contributed by atoms with Crippen molar-refractivity contribution in [1.82, 2.24) is 0 Å². The van der Waals surface area contributed by atoms with Crippen molar-refractivity contribution in [2.24, 2.45) is 5.92 Å². The molecule has 0 rings (SSSR count). The van der Waals surface area contributed by atoms with Gasteiger partial charge in [0.15, 0.2) is 0 Å². The van der Waals surface area contributed by atoms with Gasteiger partial charge in [0, 0.05) is 6.61 Å². The predicted octanol–water partition coefficient (Wildman–Crippen LogP) is 1.83. The van der Waals surface area contributed by atoms with Crippen LogP contribution in [-0.2, 0) is 4.43 Å². The normalized spacial score (nSPS) is 10.4. The molecule has 0 atom stereocenters.